The molecule has 0 aliphatic heterocycles. The first-order valence-corrected chi connectivity index (χ1v) is 6.88. The number of halogens is 1. The molecule has 19 heavy (non-hydrogen) atoms. The monoisotopic (exact) mass is 307 g/mol. The fraction of sp³-hybridized carbons (Fsp3) is 0.200. The quantitative estimate of drug-likeness (QED) is 0.784. The van der Waals surface area contributed by atoms with Gasteiger partial charge in [-0.2, -0.15) is 0 Å². The smallest absolute Gasteiger partial charge is 0.337 e. The summed E-state index contributed by atoms with van der Waals surface area (Å²) in [5.41, 5.74) is -0.498. The lowest BCUT2D eigenvalue weighted by molar-refractivity contribution is -0.137. The molecule has 2 N–H and O–H groups in total. The number of carbonyl (C=O) groups is 2. The molecule has 104 valence electrons. The molecular formula is C10H10ClNO6S. The minimum Gasteiger partial charge on any atom is -0.478 e. The molecular weight excluding hydrogens is 298 g/mol. The lowest BCUT2D eigenvalue weighted by Gasteiger charge is -2.10. The molecule has 0 aliphatic rings. The minimum absolute atomic E-state index is 0.147. The summed E-state index contributed by atoms with van der Waals surface area (Å²) < 4.78 is 29.4. The van der Waals surface area contributed by atoms with Gasteiger partial charge < -0.3 is 9.84 Å². The van der Waals surface area contributed by atoms with Crippen LogP contribution in [0.3, 0.4) is 0 Å². The first-order valence-electron chi connectivity index (χ1n) is 4.85. The predicted octanol–water partition coefficient (Wildman–Crippen LogP) is 0.953. The van der Waals surface area contributed by atoms with Crippen molar-refractivity contribution < 1.29 is 27.9 Å². The fourth-order valence-electron chi connectivity index (χ4n) is 1.20. The van der Waals surface area contributed by atoms with Crippen molar-refractivity contribution in [2.45, 2.75) is 0 Å². The summed E-state index contributed by atoms with van der Waals surface area (Å²) in [6.07, 6.45) is 0. The molecule has 0 bridgehead atoms. The molecule has 0 heterocycles. The lowest BCUT2D eigenvalue weighted by Crippen LogP contribution is -2.24. The molecule has 0 aromatic heterocycles. The van der Waals surface area contributed by atoms with Crippen LogP contribution in [0.25, 0.3) is 0 Å². The van der Waals surface area contributed by atoms with E-state index in [-0.39, 0.29) is 16.3 Å². The van der Waals surface area contributed by atoms with Crippen LogP contribution in [0.1, 0.15) is 10.4 Å². The Balaban J connectivity index is 3.06. The normalized spacial score (nSPS) is 10.8. The van der Waals surface area contributed by atoms with E-state index >= 15 is 0 Å². The number of carboxylic acid groups (broad SMARTS) is 1. The summed E-state index contributed by atoms with van der Waals surface area (Å²) in [6.45, 7) is 0. The molecule has 1 aromatic rings. The molecule has 0 radical (unpaired) electrons. The first kappa shape index (κ1) is 15.3. The van der Waals surface area contributed by atoms with E-state index in [0.29, 0.717) is 0 Å². The van der Waals surface area contributed by atoms with Gasteiger partial charge in [-0.1, -0.05) is 11.6 Å². The van der Waals surface area contributed by atoms with Crippen LogP contribution in [0, 0.1) is 0 Å². The Bertz CT molecular complexity index is 612. The highest BCUT2D eigenvalue weighted by Gasteiger charge is 2.20. The van der Waals surface area contributed by atoms with Crippen molar-refractivity contribution >= 4 is 39.3 Å². The number of benzene rings is 1. The number of carboxylic acids is 1. The van der Waals surface area contributed by atoms with E-state index in [1.54, 1.807) is 0 Å². The van der Waals surface area contributed by atoms with E-state index in [2.05, 4.69) is 4.74 Å². The van der Waals surface area contributed by atoms with E-state index < -0.39 is 27.7 Å². The number of esters is 1. The van der Waals surface area contributed by atoms with Crippen molar-refractivity contribution in [1.29, 1.82) is 0 Å². The van der Waals surface area contributed by atoms with Crippen molar-refractivity contribution in [2.24, 2.45) is 0 Å². The zero-order valence-corrected chi connectivity index (χ0v) is 11.3. The van der Waals surface area contributed by atoms with Crippen LogP contribution in [0.4, 0.5) is 5.69 Å². The lowest BCUT2D eigenvalue weighted by atomic mass is 10.2. The third-order valence-corrected chi connectivity index (χ3v) is 3.39. The van der Waals surface area contributed by atoms with Crippen molar-refractivity contribution in [3.63, 3.8) is 0 Å². The van der Waals surface area contributed by atoms with Gasteiger partial charge in [0.1, 0.15) is 0 Å². The van der Waals surface area contributed by atoms with E-state index in [1.807, 2.05) is 4.72 Å². The van der Waals surface area contributed by atoms with Gasteiger partial charge >= 0.3 is 11.9 Å². The second-order valence-corrected chi connectivity index (χ2v) is 5.59. The van der Waals surface area contributed by atoms with Crippen molar-refractivity contribution in [1.82, 2.24) is 0 Å². The SMILES string of the molecule is COC(=O)CS(=O)(=O)Nc1ccc(Cl)cc1C(=O)O. The average Bonchev–Trinajstić information content (AvgIpc) is 2.30. The molecule has 0 spiro atoms. The number of hydrogen-bond donors (Lipinski definition) is 2. The highest BCUT2D eigenvalue weighted by molar-refractivity contribution is 7.93. The van der Waals surface area contributed by atoms with Gasteiger partial charge in [0, 0.05) is 5.02 Å². The molecule has 1 aromatic carbocycles. The summed E-state index contributed by atoms with van der Waals surface area (Å²) in [5.74, 6) is -3.22. The van der Waals surface area contributed by atoms with Crippen molar-refractivity contribution in [2.75, 3.05) is 17.6 Å². The number of ether oxygens (including phenoxy) is 1. The highest BCUT2D eigenvalue weighted by Crippen LogP contribution is 2.21. The van der Waals surface area contributed by atoms with Crippen LogP contribution in [0.2, 0.25) is 5.02 Å². The molecule has 0 aliphatic carbocycles. The summed E-state index contributed by atoms with van der Waals surface area (Å²) >= 11 is 5.62. The Morgan fingerprint density at radius 2 is 2.05 bits per heavy atom. The maximum absolute atomic E-state index is 11.6. The molecule has 0 unspecified atom stereocenters. The van der Waals surface area contributed by atoms with Gasteiger partial charge in [0.2, 0.25) is 10.0 Å². The van der Waals surface area contributed by atoms with Gasteiger partial charge in [0.05, 0.1) is 18.4 Å². The Hall–Kier alpha value is -1.80. The molecule has 7 nitrogen and oxygen atoms in total. The van der Waals surface area contributed by atoms with Crippen LogP contribution < -0.4 is 4.72 Å². The van der Waals surface area contributed by atoms with Gasteiger partial charge in [0.15, 0.2) is 5.75 Å². The summed E-state index contributed by atoms with van der Waals surface area (Å²) in [4.78, 5) is 21.9. The van der Waals surface area contributed by atoms with Crippen LogP contribution in [-0.4, -0.2) is 38.3 Å². The number of methoxy groups -OCH3 is 1. The maximum atomic E-state index is 11.6. The Kier molecular flexibility index (Phi) is 4.73. The van der Waals surface area contributed by atoms with Crippen LogP contribution in [-0.2, 0) is 19.6 Å². The van der Waals surface area contributed by atoms with Crippen LogP contribution >= 0.6 is 11.6 Å². The number of rotatable bonds is 5. The fourth-order valence-corrected chi connectivity index (χ4v) is 2.39. The van der Waals surface area contributed by atoms with Crippen molar-refractivity contribution in [3.05, 3.63) is 28.8 Å². The minimum atomic E-state index is -4.05. The van der Waals surface area contributed by atoms with E-state index in [4.69, 9.17) is 16.7 Å². The van der Waals surface area contributed by atoms with Crippen molar-refractivity contribution in [3.8, 4) is 0 Å². The predicted molar refractivity (Wildman–Crippen MR) is 67.8 cm³/mol. The molecule has 0 atom stereocenters. The summed E-state index contributed by atoms with van der Waals surface area (Å²) in [6, 6.07) is 3.62. The third kappa shape index (κ3) is 4.42. The van der Waals surface area contributed by atoms with Gasteiger partial charge in [-0.3, -0.25) is 9.52 Å². The molecule has 0 fully saturated rings. The zero-order chi connectivity index (χ0) is 14.6. The van der Waals surface area contributed by atoms with Gasteiger partial charge in [0.25, 0.3) is 0 Å². The Morgan fingerprint density at radius 1 is 1.42 bits per heavy atom. The second kappa shape index (κ2) is 5.89. The average molecular weight is 308 g/mol. The number of carbonyl (C=O) groups excluding carboxylic acids is 1. The highest BCUT2D eigenvalue weighted by atomic mass is 35.5. The second-order valence-electron chi connectivity index (χ2n) is 3.43. The molecule has 9 heteroatoms. The Labute approximate surface area is 114 Å². The standard InChI is InChI=1S/C10H10ClNO6S/c1-18-9(13)5-19(16,17)12-8-3-2-6(11)4-7(8)10(14)15/h2-4,12H,5H2,1H3,(H,14,15). The van der Waals surface area contributed by atoms with E-state index in [9.17, 15) is 18.0 Å². The zero-order valence-electron chi connectivity index (χ0n) is 9.71. The van der Waals surface area contributed by atoms with Gasteiger partial charge in [-0.05, 0) is 18.2 Å². The Morgan fingerprint density at radius 3 is 2.58 bits per heavy atom. The number of hydrogen-bond acceptors (Lipinski definition) is 5. The van der Waals surface area contributed by atoms with Crippen LogP contribution in [0.15, 0.2) is 18.2 Å². The molecule has 0 amide bonds. The number of nitrogens with one attached hydrogen (secondary N) is 1. The summed E-state index contributed by atoms with van der Waals surface area (Å²) in [5, 5.41) is 9.08. The number of anilines is 1. The summed E-state index contributed by atoms with van der Waals surface area (Å²) in [7, 11) is -3.00. The number of sulfonamides is 1. The van der Waals surface area contributed by atoms with Gasteiger partial charge in [-0.15, -0.1) is 0 Å². The molecule has 1 rings (SSSR count). The third-order valence-electron chi connectivity index (χ3n) is 2.01. The van der Waals surface area contributed by atoms with Crippen LogP contribution in [0.5, 0.6) is 0 Å². The molecule has 0 saturated carbocycles. The van der Waals surface area contributed by atoms with E-state index in [0.717, 1.165) is 13.2 Å². The molecule has 0 saturated heterocycles. The first-order chi connectivity index (χ1) is 8.75. The maximum Gasteiger partial charge on any atom is 0.337 e. The number of aromatic carboxylic acids is 1. The largest absolute Gasteiger partial charge is 0.478 e. The van der Waals surface area contributed by atoms with E-state index in [1.165, 1.54) is 12.1 Å². The van der Waals surface area contributed by atoms with Gasteiger partial charge in [-0.25, -0.2) is 13.2 Å². The topological polar surface area (TPSA) is 110 Å².